The second-order valence-electron chi connectivity index (χ2n) is 7.22. The third kappa shape index (κ3) is 3.61. The van der Waals surface area contributed by atoms with Crippen LogP contribution in [0, 0.1) is 13.8 Å². The van der Waals surface area contributed by atoms with E-state index in [0.29, 0.717) is 11.5 Å². The summed E-state index contributed by atoms with van der Waals surface area (Å²) < 4.78 is 12.1. The molecule has 0 bridgehead atoms. The Kier molecular flexibility index (Phi) is 4.47. The van der Waals surface area contributed by atoms with E-state index in [4.69, 9.17) is 9.31 Å². The molecule has 0 atom stereocenters. The highest BCUT2D eigenvalue weighted by Gasteiger charge is 2.51. The van der Waals surface area contributed by atoms with Crippen molar-refractivity contribution in [3.63, 3.8) is 0 Å². The zero-order valence-corrected chi connectivity index (χ0v) is 16.2. The van der Waals surface area contributed by atoms with Crippen molar-refractivity contribution < 1.29 is 14.1 Å². The lowest BCUT2D eigenvalue weighted by molar-refractivity contribution is 0.00578. The van der Waals surface area contributed by atoms with Gasteiger partial charge in [-0.2, -0.15) is 0 Å². The molecule has 1 saturated heterocycles. The first-order chi connectivity index (χ1) is 11.6. The van der Waals surface area contributed by atoms with E-state index >= 15 is 0 Å². The van der Waals surface area contributed by atoms with Crippen molar-refractivity contribution in [1.82, 2.24) is 9.97 Å². The Morgan fingerprint density at radius 2 is 1.76 bits per heavy atom. The Bertz CT molecular complexity index is 803. The number of carbonyl (C=O) groups excluding carboxylic acids is 1. The first kappa shape index (κ1) is 18.0. The molecule has 8 heteroatoms. The van der Waals surface area contributed by atoms with Crippen LogP contribution in [0.4, 0.5) is 5.82 Å². The molecule has 1 amide bonds. The van der Waals surface area contributed by atoms with Crippen molar-refractivity contribution in [3.05, 3.63) is 33.9 Å². The van der Waals surface area contributed by atoms with E-state index in [1.807, 2.05) is 47.6 Å². The summed E-state index contributed by atoms with van der Waals surface area (Å²) in [5.74, 6) is 0.236. The number of aryl methyl sites for hydroxylation is 2. The van der Waals surface area contributed by atoms with E-state index in [1.54, 1.807) is 11.4 Å². The van der Waals surface area contributed by atoms with Gasteiger partial charge in [-0.3, -0.25) is 4.79 Å². The van der Waals surface area contributed by atoms with Crippen LogP contribution in [0.15, 0.2) is 17.5 Å². The van der Waals surface area contributed by atoms with Gasteiger partial charge in [0.15, 0.2) is 0 Å². The summed E-state index contributed by atoms with van der Waals surface area (Å²) >= 11 is 1.48. The topological polar surface area (TPSA) is 73.3 Å². The molecule has 6 nitrogen and oxygen atoms in total. The number of rotatable bonds is 3. The summed E-state index contributed by atoms with van der Waals surface area (Å²) in [7, 11) is -0.528. The van der Waals surface area contributed by atoms with Crippen molar-refractivity contribution in [2.24, 2.45) is 0 Å². The van der Waals surface area contributed by atoms with Gasteiger partial charge in [-0.15, -0.1) is 11.3 Å². The lowest BCUT2D eigenvalue weighted by Crippen LogP contribution is -2.41. The monoisotopic (exact) mass is 359 g/mol. The number of nitrogens with zero attached hydrogens (tertiary/aromatic N) is 2. The number of pyridine rings is 1. The van der Waals surface area contributed by atoms with Gasteiger partial charge >= 0.3 is 7.12 Å². The van der Waals surface area contributed by atoms with Crippen molar-refractivity contribution >= 4 is 35.6 Å². The Hall–Kier alpha value is -1.77. The maximum absolute atomic E-state index is 12.5. The molecular weight excluding hydrogens is 337 g/mol. The van der Waals surface area contributed by atoms with E-state index < -0.39 is 18.3 Å². The van der Waals surface area contributed by atoms with Crippen LogP contribution in [0.3, 0.4) is 0 Å². The van der Waals surface area contributed by atoms with Crippen LogP contribution in [0.5, 0.6) is 0 Å². The minimum atomic E-state index is -0.528. The van der Waals surface area contributed by atoms with E-state index in [9.17, 15) is 4.79 Å². The molecule has 1 fully saturated rings. The lowest BCUT2D eigenvalue weighted by atomic mass is 9.79. The fraction of sp³-hybridized carbons (Fsp3) is 0.471. The van der Waals surface area contributed by atoms with E-state index in [2.05, 4.69) is 15.3 Å². The van der Waals surface area contributed by atoms with Gasteiger partial charge in [0.25, 0.3) is 5.91 Å². The van der Waals surface area contributed by atoms with Crippen molar-refractivity contribution in [2.75, 3.05) is 5.32 Å². The van der Waals surface area contributed by atoms with Gasteiger partial charge in [0.05, 0.1) is 16.2 Å². The maximum Gasteiger partial charge on any atom is 0.494 e. The normalized spacial score (nSPS) is 18.4. The number of hydrogen-bond acceptors (Lipinski definition) is 6. The van der Waals surface area contributed by atoms with Crippen LogP contribution in [0.1, 0.15) is 48.9 Å². The molecule has 0 aromatic carbocycles. The fourth-order valence-electron chi connectivity index (χ4n) is 2.53. The highest BCUT2D eigenvalue weighted by molar-refractivity contribution is 7.09. The van der Waals surface area contributed by atoms with Gasteiger partial charge in [-0.25, -0.2) is 9.97 Å². The average Bonchev–Trinajstić information content (AvgIpc) is 2.99. The largest absolute Gasteiger partial charge is 0.494 e. The Morgan fingerprint density at radius 1 is 1.12 bits per heavy atom. The molecule has 0 aliphatic carbocycles. The molecule has 3 heterocycles. The first-order valence-electron chi connectivity index (χ1n) is 8.15. The zero-order valence-electron chi connectivity index (χ0n) is 15.3. The molecule has 2 aromatic heterocycles. The molecule has 2 aromatic rings. The van der Waals surface area contributed by atoms with Crippen LogP contribution in [0.2, 0.25) is 0 Å². The van der Waals surface area contributed by atoms with Crippen molar-refractivity contribution in [1.29, 1.82) is 0 Å². The number of aromatic nitrogens is 2. The van der Waals surface area contributed by atoms with Crippen LogP contribution in [-0.2, 0) is 9.31 Å². The predicted octanol–water partition coefficient (Wildman–Crippen LogP) is 2.71. The molecule has 1 aliphatic heterocycles. The van der Waals surface area contributed by atoms with Crippen LogP contribution >= 0.6 is 11.3 Å². The van der Waals surface area contributed by atoms with Gasteiger partial charge in [0.1, 0.15) is 11.5 Å². The highest BCUT2D eigenvalue weighted by atomic mass is 32.1. The summed E-state index contributed by atoms with van der Waals surface area (Å²) in [5.41, 5.74) is 0.957. The Labute approximate surface area is 152 Å². The Balaban J connectivity index is 1.85. The van der Waals surface area contributed by atoms with E-state index in [1.165, 1.54) is 11.3 Å². The molecule has 0 saturated carbocycles. The molecule has 3 rings (SSSR count). The van der Waals surface area contributed by atoms with Crippen molar-refractivity contribution in [3.8, 4) is 0 Å². The molecule has 25 heavy (non-hydrogen) atoms. The molecule has 0 unspecified atom stereocenters. The third-order valence-corrected chi connectivity index (χ3v) is 5.37. The smallest absolute Gasteiger partial charge is 0.399 e. The van der Waals surface area contributed by atoms with E-state index in [-0.39, 0.29) is 5.91 Å². The number of thiazole rings is 1. The molecule has 1 N–H and O–H groups in total. The summed E-state index contributed by atoms with van der Waals surface area (Å²) in [6.45, 7) is 11.7. The number of anilines is 1. The second-order valence-corrected chi connectivity index (χ2v) is 8.28. The van der Waals surface area contributed by atoms with Crippen molar-refractivity contribution in [2.45, 2.75) is 52.7 Å². The lowest BCUT2D eigenvalue weighted by Gasteiger charge is -2.32. The number of amides is 1. The minimum absolute atomic E-state index is 0.299. The number of nitrogens with one attached hydrogen (secondary N) is 1. The van der Waals surface area contributed by atoms with Gasteiger partial charge < -0.3 is 14.6 Å². The minimum Gasteiger partial charge on any atom is -0.399 e. The van der Waals surface area contributed by atoms with Gasteiger partial charge in [0, 0.05) is 11.1 Å². The zero-order chi connectivity index (χ0) is 18.4. The molecule has 0 spiro atoms. The molecule has 132 valence electrons. The summed E-state index contributed by atoms with van der Waals surface area (Å²) in [5, 5.41) is 5.47. The SMILES string of the molecule is Cc1cc(B2OC(C)(C)C(C)(C)O2)cc(C(=O)Nc2csc(C)n2)n1. The second kappa shape index (κ2) is 6.19. The number of hydrogen-bond donors (Lipinski definition) is 1. The Morgan fingerprint density at radius 3 is 2.32 bits per heavy atom. The number of carbonyl (C=O) groups is 1. The summed E-state index contributed by atoms with van der Waals surface area (Å²) in [6.07, 6.45) is 0. The average molecular weight is 359 g/mol. The first-order valence-corrected chi connectivity index (χ1v) is 9.03. The van der Waals surface area contributed by atoms with Crippen LogP contribution in [-0.4, -0.2) is 34.2 Å². The standard InChI is InChI=1S/C17H22BN3O3S/c1-10-7-12(18-23-16(3,4)17(5,6)24-18)8-13(19-10)15(22)21-14-9-25-11(2)20-14/h7-9H,1-6H3,(H,21,22). The maximum atomic E-state index is 12.5. The highest BCUT2D eigenvalue weighted by Crippen LogP contribution is 2.36. The molecule has 0 radical (unpaired) electrons. The molecule has 1 aliphatic rings. The third-order valence-electron chi connectivity index (χ3n) is 4.59. The van der Waals surface area contributed by atoms with E-state index in [0.717, 1.165) is 16.2 Å². The predicted molar refractivity (Wildman–Crippen MR) is 99.5 cm³/mol. The van der Waals surface area contributed by atoms with Crippen LogP contribution < -0.4 is 10.8 Å². The quantitative estimate of drug-likeness (QED) is 0.853. The van der Waals surface area contributed by atoms with Gasteiger partial charge in [0.2, 0.25) is 0 Å². The van der Waals surface area contributed by atoms with Gasteiger partial charge in [-0.05, 0) is 59.1 Å². The van der Waals surface area contributed by atoms with Gasteiger partial charge in [-0.1, -0.05) is 0 Å². The summed E-state index contributed by atoms with van der Waals surface area (Å²) in [4.78, 5) is 21.1. The molecular formula is C17H22BN3O3S. The fourth-order valence-corrected chi connectivity index (χ4v) is 3.07. The summed E-state index contributed by atoms with van der Waals surface area (Å²) in [6, 6.07) is 3.59. The van der Waals surface area contributed by atoms with Crippen LogP contribution in [0.25, 0.3) is 0 Å².